The molecule has 2 aliphatic carbocycles. The van der Waals surface area contributed by atoms with Crippen LogP contribution in [-0.4, -0.2) is 95.1 Å². The molecule has 8 rings (SSSR count). The third kappa shape index (κ3) is 7.98. The molecule has 3 atom stereocenters. The zero-order chi connectivity index (χ0) is 32.1. The smallest absolute Gasteiger partial charge is 0.277 e. The quantitative estimate of drug-likeness (QED) is 0.497. The zero-order valence-electron chi connectivity index (χ0n) is 26.7. The van der Waals surface area contributed by atoms with Gasteiger partial charge in [0.15, 0.2) is 11.3 Å². The number of rotatable bonds is 4. The average molecular weight is 639 g/mol. The van der Waals surface area contributed by atoms with Crippen LogP contribution in [0.4, 0.5) is 5.82 Å². The Morgan fingerprint density at radius 1 is 1.16 bits per heavy atom. The van der Waals surface area contributed by atoms with Crippen molar-refractivity contribution in [2.45, 2.75) is 95.8 Å². The van der Waals surface area contributed by atoms with Crippen molar-refractivity contribution in [3.8, 4) is 6.07 Å². The summed E-state index contributed by atoms with van der Waals surface area (Å²) in [6.45, 7) is 5.87. The van der Waals surface area contributed by atoms with Crippen LogP contribution >= 0.6 is 11.3 Å². The summed E-state index contributed by atoms with van der Waals surface area (Å²) < 4.78 is 7.27. The number of ether oxygens (including phenoxy) is 1. The number of hydrogen-bond acceptors (Lipinski definition) is 10. The summed E-state index contributed by atoms with van der Waals surface area (Å²) in [6.07, 6.45) is 11.5. The van der Waals surface area contributed by atoms with Gasteiger partial charge in [-0.25, -0.2) is 9.67 Å². The molecular weight excluding hydrogens is 592 g/mol. The lowest BCUT2D eigenvalue weighted by Gasteiger charge is -2.31. The van der Waals surface area contributed by atoms with Crippen LogP contribution in [0.2, 0.25) is 0 Å². The third-order valence-corrected chi connectivity index (χ3v) is 10.3. The van der Waals surface area contributed by atoms with Crippen molar-refractivity contribution in [1.82, 2.24) is 24.6 Å². The molecule has 244 valence electrons. The van der Waals surface area contributed by atoms with Crippen LogP contribution in [0.1, 0.15) is 101 Å². The Hall–Kier alpha value is -3.18. The summed E-state index contributed by atoms with van der Waals surface area (Å²) in [5.41, 5.74) is 7.62. The molecule has 4 fully saturated rings. The van der Waals surface area contributed by atoms with Gasteiger partial charge >= 0.3 is 0 Å². The Labute approximate surface area is 269 Å². The first kappa shape index (κ1) is 33.2. The number of piperidine rings is 1. The molecule has 0 radical (unpaired) electrons. The van der Waals surface area contributed by atoms with E-state index in [4.69, 9.17) is 15.7 Å². The van der Waals surface area contributed by atoms with Gasteiger partial charge in [0.2, 0.25) is 5.91 Å². The van der Waals surface area contributed by atoms with Crippen molar-refractivity contribution in [2.24, 2.45) is 11.7 Å². The van der Waals surface area contributed by atoms with Gasteiger partial charge in [-0.3, -0.25) is 24.2 Å². The summed E-state index contributed by atoms with van der Waals surface area (Å²) in [4.78, 5) is 45.8. The molecule has 0 spiro atoms. The van der Waals surface area contributed by atoms with E-state index in [0.29, 0.717) is 43.3 Å². The molecule has 2 saturated carbocycles. The second-order valence-electron chi connectivity index (χ2n) is 12.6. The molecule has 12 nitrogen and oxygen atoms in total. The van der Waals surface area contributed by atoms with E-state index in [1.54, 1.807) is 4.90 Å². The van der Waals surface area contributed by atoms with E-state index in [0.717, 1.165) is 74.1 Å². The summed E-state index contributed by atoms with van der Waals surface area (Å²) in [6, 6.07) is 3.52. The maximum Gasteiger partial charge on any atom is 0.277 e. The van der Waals surface area contributed by atoms with E-state index < -0.39 is 5.91 Å². The first-order chi connectivity index (χ1) is 21.7. The highest BCUT2D eigenvalue weighted by Crippen LogP contribution is 2.46. The lowest BCUT2D eigenvalue weighted by molar-refractivity contribution is -0.118. The number of likely N-dealkylation sites (N-methyl/N-ethyl adjacent to an activating group) is 1. The van der Waals surface area contributed by atoms with E-state index in [1.165, 1.54) is 41.9 Å². The molecule has 0 bridgehead atoms. The maximum atomic E-state index is 12.1. The number of amides is 2. The van der Waals surface area contributed by atoms with Crippen LogP contribution in [0.15, 0.2) is 0 Å². The maximum absolute atomic E-state index is 12.1. The number of likely N-dealkylation sites (tertiary alicyclic amines) is 1. The van der Waals surface area contributed by atoms with Crippen molar-refractivity contribution in [3.63, 3.8) is 0 Å². The fourth-order valence-electron chi connectivity index (χ4n) is 6.33. The van der Waals surface area contributed by atoms with E-state index >= 15 is 0 Å². The highest BCUT2D eigenvalue weighted by atomic mass is 32.1. The molecule has 45 heavy (non-hydrogen) atoms. The van der Waals surface area contributed by atoms with E-state index in [2.05, 4.69) is 40.0 Å². The number of anilines is 1. The number of hydrogen-bond donors (Lipinski definition) is 1. The predicted molar refractivity (Wildman–Crippen MR) is 171 cm³/mol. The first-order valence-electron chi connectivity index (χ1n) is 16.3. The Kier molecular flexibility index (Phi) is 11.0. The van der Waals surface area contributed by atoms with Gasteiger partial charge in [0.05, 0.1) is 23.8 Å². The summed E-state index contributed by atoms with van der Waals surface area (Å²) >= 11 is 1.42. The number of thiazole rings is 1. The highest BCUT2D eigenvalue weighted by Gasteiger charge is 2.50. The predicted octanol–water partition coefficient (Wildman–Crippen LogP) is 3.35. The number of aldehydes is 1. The first-order valence-corrected chi connectivity index (χ1v) is 17.1. The third-order valence-electron chi connectivity index (χ3n) is 9.18. The standard InChI is InChI=1S/C14H19N3O3.C8H11N3OS.C7H10N2.C3H6/c1-2-16-13(19)4-3-11-12(9-18)15-17(14(11)16)10-5-7-20-8-6-10;1-11-3-2-5-6(4-11)13-8(10-5)7(9)12;1-9-6(4-8)2-5-3-7(5)9;1-2-3-1/h9-10H,2-8H2,1H3;2-4H2,1H3,(H2,9,12);5-7H,2-3H2,1H3;1-3H2. The van der Waals surface area contributed by atoms with E-state index in [9.17, 15) is 14.4 Å². The lowest BCUT2D eigenvalue weighted by atomic mass is 10.0. The monoisotopic (exact) mass is 638 g/mol. The summed E-state index contributed by atoms with van der Waals surface area (Å²) in [5, 5.41) is 13.5. The minimum atomic E-state index is -0.415. The molecule has 2 amide bonds. The molecule has 0 aromatic carbocycles. The van der Waals surface area contributed by atoms with Crippen molar-refractivity contribution in [2.75, 3.05) is 45.3 Å². The zero-order valence-corrected chi connectivity index (χ0v) is 27.6. The SMILES string of the molecule is C1CC1.CCN1C(=O)CCc2c(C=O)nn(C3CCOCC3)c21.CN1C(C#N)CC2CC21.CN1CCc2nc(C(N)=O)sc2C1. The molecule has 2 saturated heterocycles. The highest BCUT2D eigenvalue weighted by molar-refractivity contribution is 7.13. The molecule has 3 unspecified atom stereocenters. The topological polar surface area (TPSA) is 151 Å². The molecule has 6 heterocycles. The number of fused-ring (bicyclic) bond motifs is 3. The van der Waals surface area contributed by atoms with Crippen molar-refractivity contribution in [1.29, 1.82) is 5.26 Å². The van der Waals surface area contributed by atoms with Gasteiger partial charge in [0.25, 0.3) is 5.91 Å². The lowest BCUT2D eigenvalue weighted by Crippen LogP contribution is -2.37. The van der Waals surface area contributed by atoms with Gasteiger partial charge in [0, 0.05) is 62.2 Å². The number of nitrogens with zero attached hydrogens (tertiary/aromatic N) is 7. The van der Waals surface area contributed by atoms with Gasteiger partial charge < -0.3 is 15.4 Å². The average Bonchev–Trinajstić information content (AvgIpc) is 3.97. The molecule has 2 N–H and O–H groups in total. The minimum Gasteiger partial charge on any atom is -0.381 e. The van der Waals surface area contributed by atoms with Crippen molar-refractivity contribution >= 4 is 35.3 Å². The number of carbonyl (C=O) groups excluding carboxylic acids is 3. The number of nitrogens with two attached hydrogens (primary N) is 1. The second kappa shape index (κ2) is 14.9. The van der Waals surface area contributed by atoms with Gasteiger partial charge in [-0.2, -0.15) is 10.4 Å². The van der Waals surface area contributed by atoms with Gasteiger partial charge in [-0.05, 0) is 59.0 Å². The van der Waals surface area contributed by atoms with Crippen LogP contribution < -0.4 is 10.6 Å². The number of aromatic nitrogens is 3. The molecule has 13 heteroatoms. The van der Waals surface area contributed by atoms with Crippen LogP contribution in [0.25, 0.3) is 0 Å². The Balaban J connectivity index is 0.000000136. The van der Waals surface area contributed by atoms with Gasteiger partial charge in [-0.1, -0.05) is 19.3 Å². The van der Waals surface area contributed by atoms with Crippen LogP contribution in [-0.2, 0) is 28.9 Å². The van der Waals surface area contributed by atoms with Gasteiger partial charge in [0.1, 0.15) is 11.5 Å². The molecular formula is C32H46N8O4S. The largest absolute Gasteiger partial charge is 0.381 e. The number of nitriles is 1. The number of primary amides is 1. The second-order valence-corrected chi connectivity index (χ2v) is 13.7. The Morgan fingerprint density at radius 2 is 1.89 bits per heavy atom. The summed E-state index contributed by atoms with van der Waals surface area (Å²) in [7, 11) is 4.12. The van der Waals surface area contributed by atoms with Crippen molar-refractivity contribution in [3.05, 3.63) is 26.8 Å². The van der Waals surface area contributed by atoms with Gasteiger partial charge in [-0.15, -0.1) is 11.3 Å². The molecule has 2 aromatic rings. The fraction of sp³-hybridized carbons (Fsp3) is 0.688. The number of carbonyl (C=O) groups is 3. The van der Waals surface area contributed by atoms with Crippen molar-refractivity contribution < 1.29 is 19.1 Å². The Morgan fingerprint density at radius 3 is 2.44 bits per heavy atom. The van der Waals surface area contributed by atoms with Crippen LogP contribution in [0, 0.1) is 17.2 Å². The minimum absolute atomic E-state index is 0.116. The van der Waals surface area contributed by atoms with E-state index in [1.807, 2.05) is 11.6 Å². The van der Waals surface area contributed by atoms with Crippen LogP contribution in [0.5, 0.6) is 0 Å². The molecule has 2 aromatic heterocycles. The normalized spacial score (nSPS) is 25.1. The summed E-state index contributed by atoms with van der Waals surface area (Å²) in [5.74, 6) is 1.41. The van der Waals surface area contributed by atoms with Crippen LogP contribution in [0.3, 0.4) is 0 Å². The fourth-order valence-corrected chi connectivity index (χ4v) is 7.37. The molecule has 6 aliphatic rings. The van der Waals surface area contributed by atoms with E-state index in [-0.39, 0.29) is 18.0 Å². The Bertz CT molecular complexity index is 1410. The molecule has 4 aliphatic heterocycles.